The van der Waals surface area contributed by atoms with Crippen molar-refractivity contribution in [2.75, 3.05) is 13.6 Å². The summed E-state index contributed by atoms with van der Waals surface area (Å²) in [7, 11) is 1.81. The van der Waals surface area contributed by atoms with Crippen molar-refractivity contribution < 1.29 is 9.90 Å². The number of aliphatic hydroxyl groups excluding tert-OH is 1. The number of nitrogens with zero attached hydrogens (tertiary/aromatic N) is 3. The third kappa shape index (κ3) is 3.22. The number of hydrogen-bond acceptors (Lipinski definition) is 3. The second kappa shape index (κ2) is 7.18. The first kappa shape index (κ1) is 16.7. The lowest BCUT2D eigenvalue weighted by Crippen LogP contribution is -2.34. The van der Waals surface area contributed by atoms with Crippen molar-refractivity contribution in [3.8, 4) is 5.69 Å². The fraction of sp³-hybridized carbons (Fsp3) is 0.474. The fourth-order valence-electron chi connectivity index (χ4n) is 3.55. The van der Waals surface area contributed by atoms with Crippen LogP contribution in [0.3, 0.4) is 0 Å². The van der Waals surface area contributed by atoms with Crippen molar-refractivity contribution >= 4 is 5.91 Å². The molecule has 0 spiro atoms. The number of para-hydroxylation sites is 1. The summed E-state index contributed by atoms with van der Waals surface area (Å²) in [5.41, 5.74) is 2.53. The molecule has 2 atom stereocenters. The van der Waals surface area contributed by atoms with Gasteiger partial charge in [0, 0.05) is 19.5 Å². The van der Waals surface area contributed by atoms with Gasteiger partial charge in [-0.05, 0) is 31.4 Å². The van der Waals surface area contributed by atoms with Crippen molar-refractivity contribution in [2.45, 2.75) is 38.7 Å². The minimum Gasteiger partial charge on any atom is -0.393 e. The lowest BCUT2D eigenvalue weighted by atomic mass is 10.1. The SMILES string of the molecule is CCc1c(C(=O)N(C)CC2CCCC2O)cnn1-c1ccccc1. The van der Waals surface area contributed by atoms with Crippen LogP contribution >= 0.6 is 0 Å². The average Bonchev–Trinajstić information content (AvgIpc) is 3.21. The Morgan fingerprint density at radius 3 is 2.71 bits per heavy atom. The third-order valence-electron chi connectivity index (χ3n) is 4.91. The fourth-order valence-corrected chi connectivity index (χ4v) is 3.55. The van der Waals surface area contributed by atoms with Crippen LogP contribution < -0.4 is 0 Å². The Labute approximate surface area is 142 Å². The summed E-state index contributed by atoms with van der Waals surface area (Å²) in [5, 5.41) is 14.4. The Hall–Kier alpha value is -2.14. The van der Waals surface area contributed by atoms with E-state index in [1.54, 1.807) is 11.1 Å². The molecule has 1 saturated carbocycles. The van der Waals surface area contributed by atoms with Crippen LogP contribution in [0.15, 0.2) is 36.5 Å². The number of aromatic nitrogens is 2. The molecule has 2 unspecified atom stereocenters. The molecule has 24 heavy (non-hydrogen) atoms. The first-order chi connectivity index (χ1) is 11.6. The molecule has 3 rings (SSSR count). The number of benzene rings is 1. The topological polar surface area (TPSA) is 58.4 Å². The normalized spacial score (nSPS) is 20.3. The van der Waals surface area contributed by atoms with Gasteiger partial charge in [-0.25, -0.2) is 4.68 Å². The molecular formula is C19H25N3O2. The van der Waals surface area contributed by atoms with Crippen LogP contribution in [0.2, 0.25) is 0 Å². The van der Waals surface area contributed by atoms with Gasteiger partial charge in [-0.1, -0.05) is 31.5 Å². The van der Waals surface area contributed by atoms with E-state index in [9.17, 15) is 9.90 Å². The minimum atomic E-state index is -0.280. The van der Waals surface area contributed by atoms with E-state index in [1.165, 1.54) is 0 Å². The highest BCUT2D eigenvalue weighted by molar-refractivity contribution is 5.95. The summed E-state index contributed by atoms with van der Waals surface area (Å²) >= 11 is 0. The molecule has 1 amide bonds. The summed E-state index contributed by atoms with van der Waals surface area (Å²) in [5.74, 6) is 0.168. The van der Waals surface area contributed by atoms with E-state index in [0.29, 0.717) is 12.1 Å². The van der Waals surface area contributed by atoms with Gasteiger partial charge in [0.2, 0.25) is 0 Å². The van der Waals surface area contributed by atoms with Crippen molar-refractivity contribution in [2.24, 2.45) is 5.92 Å². The van der Waals surface area contributed by atoms with E-state index in [0.717, 1.165) is 37.1 Å². The minimum absolute atomic E-state index is 0.0202. The van der Waals surface area contributed by atoms with Gasteiger partial charge in [0.25, 0.3) is 5.91 Å². The predicted octanol–water partition coefficient (Wildman–Crippen LogP) is 2.67. The highest BCUT2D eigenvalue weighted by atomic mass is 16.3. The first-order valence-corrected chi connectivity index (χ1v) is 8.67. The van der Waals surface area contributed by atoms with E-state index < -0.39 is 0 Å². The smallest absolute Gasteiger partial charge is 0.257 e. The van der Waals surface area contributed by atoms with Crippen molar-refractivity contribution in [3.05, 3.63) is 47.8 Å². The van der Waals surface area contributed by atoms with Crippen LogP contribution in [-0.2, 0) is 6.42 Å². The largest absolute Gasteiger partial charge is 0.393 e. The molecule has 1 N–H and O–H groups in total. The lowest BCUT2D eigenvalue weighted by molar-refractivity contribution is 0.0692. The molecule has 1 aromatic carbocycles. The molecular weight excluding hydrogens is 302 g/mol. The number of aliphatic hydroxyl groups is 1. The van der Waals surface area contributed by atoms with E-state index in [1.807, 2.05) is 49.0 Å². The van der Waals surface area contributed by atoms with Gasteiger partial charge in [-0.3, -0.25) is 4.79 Å². The molecule has 0 bridgehead atoms. The number of amides is 1. The van der Waals surface area contributed by atoms with Gasteiger partial charge in [-0.15, -0.1) is 0 Å². The Kier molecular flexibility index (Phi) is 5.00. The van der Waals surface area contributed by atoms with E-state index >= 15 is 0 Å². The standard InChI is InChI=1S/C19H25N3O2/c1-3-17-16(12-20-22(17)15-9-5-4-6-10-15)19(24)21(2)13-14-8-7-11-18(14)23/h4-6,9-10,12,14,18,23H,3,7-8,11,13H2,1-2H3. The van der Waals surface area contributed by atoms with Crippen LogP contribution in [0.1, 0.15) is 42.2 Å². The molecule has 1 aliphatic rings. The van der Waals surface area contributed by atoms with Crippen LogP contribution in [0, 0.1) is 5.92 Å². The van der Waals surface area contributed by atoms with Crippen LogP contribution in [0.5, 0.6) is 0 Å². The van der Waals surface area contributed by atoms with Crippen LogP contribution in [0.25, 0.3) is 5.69 Å². The molecule has 5 nitrogen and oxygen atoms in total. The maximum Gasteiger partial charge on any atom is 0.257 e. The van der Waals surface area contributed by atoms with E-state index in [-0.39, 0.29) is 17.9 Å². The van der Waals surface area contributed by atoms with Crippen molar-refractivity contribution in [1.29, 1.82) is 0 Å². The Bertz CT molecular complexity index is 696. The first-order valence-electron chi connectivity index (χ1n) is 8.67. The highest BCUT2D eigenvalue weighted by Crippen LogP contribution is 2.26. The Balaban J connectivity index is 1.81. The van der Waals surface area contributed by atoms with Gasteiger partial charge in [0.05, 0.1) is 29.2 Å². The molecule has 1 aliphatic carbocycles. The predicted molar refractivity (Wildman–Crippen MR) is 93.3 cm³/mol. The zero-order valence-electron chi connectivity index (χ0n) is 14.4. The summed E-state index contributed by atoms with van der Waals surface area (Å²) in [6, 6.07) is 9.86. The van der Waals surface area contributed by atoms with Gasteiger partial charge in [-0.2, -0.15) is 5.10 Å². The van der Waals surface area contributed by atoms with Crippen LogP contribution in [0.4, 0.5) is 0 Å². The highest BCUT2D eigenvalue weighted by Gasteiger charge is 2.29. The third-order valence-corrected chi connectivity index (χ3v) is 4.91. The molecule has 0 saturated heterocycles. The summed E-state index contributed by atoms with van der Waals surface area (Å²) in [6.07, 6.45) is 4.99. The quantitative estimate of drug-likeness (QED) is 0.918. The Morgan fingerprint density at radius 2 is 2.08 bits per heavy atom. The molecule has 0 aliphatic heterocycles. The van der Waals surface area contributed by atoms with E-state index in [2.05, 4.69) is 5.10 Å². The lowest BCUT2D eigenvalue weighted by Gasteiger charge is -2.23. The second-order valence-electron chi connectivity index (χ2n) is 6.55. The maximum absolute atomic E-state index is 12.9. The molecule has 1 aromatic heterocycles. The maximum atomic E-state index is 12.9. The molecule has 2 aromatic rings. The van der Waals surface area contributed by atoms with E-state index in [4.69, 9.17) is 0 Å². The van der Waals surface area contributed by atoms with Crippen molar-refractivity contribution in [3.63, 3.8) is 0 Å². The number of rotatable bonds is 5. The van der Waals surface area contributed by atoms with Crippen molar-refractivity contribution in [1.82, 2.24) is 14.7 Å². The molecule has 1 fully saturated rings. The molecule has 1 heterocycles. The second-order valence-corrected chi connectivity index (χ2v) is 6.55. The summed E-state index contributed by atoms with van der Waals surface area (Å²) < 4.78 is 1.84. The zero-order chi connectivity index (χ0) is 17.1. The number of carbonyl (C=O) groups is 1. The Morgan fingerprint density at radius 1 is 1.33 bits per heavy atom. The van der Waals surface area contributed by atoms with Crippen LogP contribution in [-0.4, -0.2) is 45.4 Å². The molecule has 128 valence electrons. The zero-order valence-corrected chi connectivity index (χ0v) is 14.4. The number of hydrogen-bond donors (Lipinski definition) is 1. The average molecular weight is 327 g/mol. The van der Waals surface area contributed by atoms with Gasteiger partial charge in [0.1, 0.15) is 0 Å². The number of carbonyl (C=O) groups excluding carboxylic acids is 1. The molecule has 0 radical (unpaired) electrons. The van der Waals surface area contributed by atoms with Gasteiger partial charge >= 0.3 is 0 Å². The summed E-state index contributed by atoms with van der Waals surface area (Å²) in [4.78, 5) is 14.6. The van der Waals surface area contributed by atoms with Gasteiger partial charge in [0.15, 0.2) is 0 Å². The summed E-state index contributed by atoms with van der Waals surface area (Å²) in [6.45, 7) is 2.63. The monoisotopic (exact) mass is 327 g/mol. The van der Waals surface area contributed by atoms with Gasteiger partial charge < -0.3 is 10.0 Å². The molecule has 5 heteroatoms.